The molecule has 0 saturated heterocycles. The Kier molecular flexibility index (Phi) is 3.82. The first-order chi connectivity index (χ1) is 6.77. The van der Waals surface area contributed by atoms with Crippen LogP contribution in [-0.4, -0.2) is 32.6 Å². The standard InChI is InChI=1S/C4H2F8O3S/c5-1-2(6,7)15-3(8,9)4(10,11)16(12,13)14/h1H2. The zero-order valence-corrected chi connectivity index (χ0v) is 7.68. The first-order valence-corrected chi connectivity index (χ1v) is 4.49. The van der Waals surface area contributed by atoms with Crippen molar-refractivity contribution in [2.24, 2.45) is 0 Å². The Bertz CT molecular complexity index is 348. The molecule has 0 N–H and O–H groups in total. The molecule has 16 heavy (non-hydrogen) atoms. The normalized spacial score (nSPS) is 15.2. The Morgan fingerprint density at radius 2 is 1.38 bits per heavy atom. The number of rotatable bonds is 5. The number of hydrogen-bond donors (Lipinski definition) is 0. The van der Waals surface area contributed by atoms with Gasteiger partial charge in [0.05, 0.1) is 0 Å². The van der Waals surface area contributed by atoms with Crippen LogP contribution in [0.5, 0.6) is 0 Å². The Morgan fingerprint density at radius 1 is 1.00 bits per heavy atom. The van der Waals surface area contributed by atoms with E-state index in [-0.39, 0.29) is 0 Å². The molecule has 0 rings (SSSR count). The average molecular weight is 282 g/mol. The van der Waals surface area contributed by atoms with Gasteiger partial charge in [-0.05, 0) is 0 Å². The Hall–Kier alpha value is -0.650. The molecule has 0 aliphatic heterocycles. The highest BCUT2D eigenvalue weighted by atomic mass is 32.3. The third kappa shape index (κ3) is 2.93. The van der Waals surface area contributed by atoms with Crippen molar-refractivity contribution in [3.05, 3.63) is 0 Å². The summed E-state index contributed by atoms with van der Waals surface area (Å²) in [4.78, 5) is 0. The van der Waals surface area contributed by atoms with Crippen molar-refractivity contribution in [2.75, 3.05) is 6.67 Å². The minimum Gasteiger partial charge on any atom is -0.247 e. The van der Waals surface area contributed by atoms with Crippen molar-refractivity contribution in [3.8, 4) is 0 Å². The molecule has 0 fully saturated rings. The van der Waals surface area contributed by atoms with Crippen molar-refractivity contribution in [3.63, 3.8) is 0 Å². The van der Waals surface area contributed by atoms with Crippen LogP contribution in [-0.2, 0) is 15.0 Å². The van der Waals surface area contributed by atoms with Crippen LogP contribution in [0.4, 0.5) is 34.6 Å². The second-order valence-corrected chi connectivity index (χ2v) is 3.73. The molecule has 12 heteroatoms. The molecule has 0 saturated carbocycles. The molecule has 0 aliphatic rings. The molecular weight excluding hydrogens is 280 g/mol. The second kappa shape index (κ2) is 3.98. The molecular formula is C4H2F8O3S. The molecule has 0 bridgehead atoms. The molecule has 0 amide bonds. The van der Waals surface area contributed by atoms with Crippen LogP contribution < -0.4 is 0 Å². The number of hydrogen-bond acceptors (Lipinski definition) is 3. The van der Waals surface area contributed by atoms with Gasteiger partial charge in [-0.2, -0.15) is 34.8 Å². The largest absolute Gasteiger partial charge is 0.464 e. The Balaban J connectivity index is 5.23. The number of ether oxygens (including phenoxy) is 1. The van der Waals surface area contributed by atoms with E-state index < -0.39 is 34.4 Å². The molecule has 0 aromatic rings. The molecule has 0 aromatic heterocycles. The van der Waals surface area contributed by atoms with E-state index in [0.717, 1.165) is 0 Å². The second-order valence-electron chi connectivity index (χ2n) is 2.34. The lowest BCUT2D eigenvalue weighted by Crippen LogP contribution is -2.51. The average Bonchev–Trinajstić information content (AvgIpc) is 2.00. The smallest absolute Gasteiger partial charge is 0.247 e. The van der Waals surface area contributed by atoms with Crippen molar-refractivity contribution < 1.29 is 47.8 Å². The van der Waals surface area contributed by atoms with Gasteiger partial charge in [-0.1, -0.05) is 3.89 Å². The number of halogens is 8. The molecule has 0 unspecified atom stereocenters. The van der Waals surface area contributed by atoms with Gasteiger partial charge in [-0.3, -0.25) is 0 Å². The lowest BCUT2D eigenvalue weighted by atomic mass is 10.6. The fraction of sp³-hybridized carbons (Fsp3) is 1.00. The van der Waals surface area contributed by atoms with E-state index in [2.05, 4.69) is 0 Å². The first kappa shape index (κ1) is 15.3. The highest BCUT2D eigenvalue weighted by molar-refractivity contribution is 7.87. The summed E-state index contributed by atoms with van der Waals surface area (Å²) < 4.78 is 116. The van der Waals surface area contributed by atoms with Gasteiger partial charge in [0.15, 0.2) is 6.67 Å². The SMILES string of the molecule is O=S(=O)(F)C(F)(F)C(F)(F)OC(F)(F)CF. The molecule has 3 nitrogen and oxygen atoms in total. The maximum Gasteiger partial charge on any atom is 0.464 e. The van der Waals surface area contributed by atoms with E-state index in [1.54, 1.807) is 0 Å². The van der Waals surface area contributed by atoms with Crippen LogP contribution >= 0.6 is 0 Å². The van der Waals surface area contributed by atoms with Crippen molar-refractivity contribution >= 4 is 10.2 Å². The van der Waals surface area contributed by atoms with Crippen molar-refractivity contribution in [1.29, 1.82) is 0 Å². The zero-order valence-electron chi connectivity index (χ0n) is 6.86. The van der Waals surface area contributed by atoms with Gasteiger partial charge in [-0.15, -0.1) is 0 Å². The summed E-state index contributed by atoms with van der Waals surface area (Å²) in [6.07, 6.45) is -11.8. The third-order valence-electron chi connectivity index (χ3n) is 1.08. The molecule has 0 heterocycles. The zero-order chi connectivity index (χ0) is 13.4. The van der Waals surface area contributed by atoms with E-state index in [1.807, 2.05) is 4.74 Å². The minimum absolute atomic E-state index is 1.95. The lowest BCUT2D eigenvalue weighted by Gasteiger charge is -2.25. The van der Waals surface area contributed by atoms with Crippen LogP contribution in [0.25, 0.3) is 0 Å². The van der Waals surface area contributed by atoms with Gasteiger partial charge in [0.25, 0.3) is 0 Å². The minimum atomic E-state index is -7.20. The summed E-state index contributed by atoms with van der Waals surface area (Å²) in [5.41, 5.74) is 0. The number of alkyl halides is 7. The Labute approximate surface area is 83.2 Å². The summed E-state index contributed by atoms with van der Waals surface area (Å²) in [5, 5.41) is -6.56. The van der Waals surface area contributed by atoms with Crippen LogP contribution in [0.15, 0.2) is 0 Å². The van der Waals surface area contributed by atoms with E-state index in [1.165, 1.54) is 0 Å². The van der Waals surface area contributed by atoms with E-state index in [0.29, 0.717) is 0 Å². The monoisotopic (exact) mass is 282 g/mol. The lowest BCUT2D eigenvalue weighted by molar-refractivity contribution is -0.415. The maximum absolute atomic E-state index is 12.1. The molecule has 98 valence electrons. The van der Waals surface area contributed by atoms with Crippen LogP contribution in [0, 0.1) is 0 Å². The predicted molar refractivity (Wildman–Crippen MR) is 31.9 cm³/mol. The van der Waals surface area contributed by atoms with E-state index >= 15 is 0 Å². The molecule has 0 atom stereocenters. The van der Waals surface area contributed by atoms with Gasteiger partial charge < -0.3 is 0 Å². The van der Waals surface area contributed by atoms with Crippen LogP contribution in [0.2, 0.25) is 0 Å². The molecule has 0 radical (unpaired) electrons. The van der Waals surface area contributed by atoms with E-state index in [9.17, 15) is 43.0 Å². The van der Waals surface area contributed by atoms with E-state index in [4.69, 9.17) is 0 Å². The maximum atomic E-state index is 12.1. The van der Waals surface area contributed by atoms with Gasteiger partial charge in [0.1, 0.15) is 0 Å². The van der Waals surface area contributed by atoms with Crippen molar-refractivity contribution in [2.45, 2.75) is 17.5 Å². The summed E-state index contributed by atoms with van der Waals surface area (Å²) >= 11 is 0. The van der Waals surface area contributed by atoms with Gasteiger partial charge in [0.2, 0.25) is 0 Å². The predicted octanol–water partition coefficient (Wildman–Crippen LogP) is 2.05. The van der Waals surface area contributed by atoms with Crippen molar-refractivity contribution in [1.82, 2.24) is 0 Å². The molecule has 0 spiro atoms. The van der Waals surface area contributed by atoms with Crippen LogP contribution in [0.1, 0.15) is 0 Å². The highest BCUT2D eigenvalue weighted by Crippen LogP contribution is 2.43. The van der Waals surface area contributed by atoms with Gasteiger partial charge in [-0.25, -0.2) is 9.13 Å². The summed E-state index contributed by atoms with van der Waals surface area (Å²) in [5.74, 6) is 0. The quantitative estimate of drug-likeness (QED) is 0.572. The fourth-order valence-corrected chi connectivity index (χ4v) is 0.742. The van der Waals surface area contributed by atoms with Crippen LogP contribution in [0.3, 0.4) is 0 Å². The summed E-state index contributed by atoms with van der Waals surface area (Å²) in [6, 6.07) is 0. The topological polar surface area (TPSA) is 43.4 Å². The van der Waals surface area contributed by atoms with Gasteiger partial charge >= 0.3 is 27.7 Å². The highest BCUT2D eigenvalue weighted by Gasteiger charge is 2.71. The first-order valence-electron chi connectivity index (χ1n) is 3.10. The summed E-state index contributed by atoms with van der Waals surface area (Å²) in [6.45, 7) is -2.93. The summed E-state index contributed by atoms with van der Waals surface area (Å²) in [7, 11) is -7.20. The molecule has 0 aromatic carbocycles. The fourth-order valence-electron chi connectivity index (χ4n) is 0.416. The molecule has 0 aliphatic carbocycles. The van der Waals surface area contributed by atoms with Gasteiger partial charge in [0, 0.05) is 0 Å². The third-order valence-corrected chi connectivity index (χ3v) is 1.93. The Morgan fingerprint density at radius 3 is 1.62 bits per heavy atom.